The number of esters is 1. The van der Waals surface area contributed by atoms with E-state index in [4.69, 9.17) is 0 Å². The van der Waals surface area contributed by atoms with Crippen molar-refractivity contribution in [3.05, 3.63) is 42.0 Å². The Bertz CT molecular complexity index is 699. The third-order valence-corrected chi connectivity index (χ3v) is 6.64. The van der Waals surface area contributed by atoms with Crippen LogP contribution in [0.1, 0.15) is 32.3 Å². The van der Waals surface area contributed by atoms with Crippen molar-refractivity contribution in [2.45, 2.75) is 44.6 Å². The van der Waals surface area contributed by atoms with Crippen molar-refractivity contribution in [3.63, 3.8) is 0 Å². The number of carbonyl (C=O) groups excluding carboxylic acids is 1. The molecule has 0 saturated carbocycles. The summed E-state index contributed by atoms with van der Waals surface area (Å²) >= 11 is 3.47. The fraction of sp³-hybridized carbons (Fsp3) is 0.526. The number of methoxy groups -OCH3 is 1. The minimum Gasteiger partial charge on any atom is -0.466 e. The Morgan fingerprint density at radius 3 is 2.38 bits per heavy atom. The van der Waals surface area contributed by atoms with Crippen LogP contribution in [-0.2, 0) is 19.6 Å². The van der Waals surface area contributed by atoms with E-state index in [0.29, 0.717) is 24.2 Å². The van der Waals surface area contributed by atoms with Gasteiger partial charge in [-0.1, -0.05) is 53.5 Å². The molecular weight excluding hydrogens is 418 g/mol. The molecule has 0 aliphatic carbocycles. The van der Waals surface area contributed by atoms with Gasteiger partial charge in [0.05, 0.1) is 12.0 Å². The Kier molecular flexibility index (Phi) is 9.54. The first-order chi connectivity index (χ1) is 12.2. The molecule has 0 radical (unpaired) electrons. The van der Waals surface area contributed by atoms with Crippen LogP contribution in [0.3, 0.4) is 0 Å². The van der Waals surface area contributed by atoms with Crippen LogP contribution >= 0.6 is 15.9 Å². The van der Waals surface area contributed by atoms with E-state index in [9.17, 15) is 13.2 Å². The highest BCUT2D eigenvalue weighted by Crippen LogP contribution is 2.24. The average Bonchev–Trinajstić information content (AvgIpc) is 2.59. The number of hydrogen-bond donors (Lipinski definition) is 0. The maximum absolute atomic E-state index is 13.2. The summed E-state index contributed by atoms with van der Waals surface area (Å²) < 4.78 is 32.5. The van der Waals surface area contributed by atoms with E-state index < -0.39 is 16.0 Å². The molecular formula is C19H28BrNO4S. The SMILES string of the molecule is COC(=O)/C=C/CCN([C@H](CBr)CC(C)C)S(=O)(=O)c1ccc(C)cc1. The summed E-state index contributed by atoms with van der Waals surface area (Å²) in [5.74, 6) is -0.0870. The molecule has 1 aromatic rings. The second-order valence-corrected chi connectivity index (χ2v) is 9.12. The van der Waals surface area contributed by atoms with E-state index in [2.05, 4.69) is 34.5 Å². The third kappa shape index (κ3) is 6.85. The maximum atomic E-state index is 13.2. The van der Waals surface area contributed by atoms with Gasteiger partial charge >= 0.3 is 5.97 Å². The van der Waals surface area contributed by atoms with Crippen LogP contribution in [-0.4, -0.2) is 43.7 Å². The van der Waals surface area contributed by atoms with E-state index >= 15 is 0 Å². The van der Waals surface area contributed by atoms with Crippen molar-refractivity contribution < 1.29 is 17.9 Å². The molecule has 1 atom stereocenters. The molecule has 0 heterocycles. The van der Waals surface area contributed by atoms with E-state index in [1.165, 1.54) is 17.5 Å². The molecule has 0 amide bonds. The molecule has 0 N–H and O–H groups in total. The minimum atomic E-state index is -3.63. The van der Waals surface area contributed by atoms with E-state index in [-0.39, 0.29) is 10.9 Å². The zero-order chi connectivity index (χ0) is 19.7. The number of nitrogens with zero attached hydrogens (tertiary/aromatic N) is 1. The first-order valence-corrected chi connectivity index (χ1v) is 11.2. The Morgan fingerprint density at radius 2 is 1.88 bits per heavy atom. The molecule has 0 aromatic heterocycles. The maximum Gasteiger partial charge on any atom is 0.330 e. The van der Waals surface area contributed by atoms with Gasteiger partial charge in [0.2, 0.25) is 10.0 Å². The van der Waals surface area contributed by atoms with Crippen LogP contribution < -0.4 is 0 Å². The normalized spacial score (nSPS) is 13.5. The van der Waals surface area contributed by atoms with Gasteiger partial charge in [-0.15, -0.1) is 0 Å². The molecule has 0 spiro atoms. The van der Waals surface area contributed by atoms with Crippen LogP contribution in [0.25, 0.3) is 0 Å². The predicted octanol–water partition coefficient (Wildman–Crippen LogP) is 3.91. The molecule has 0 unspecified atom stereocenters. The molecule has 0 saturated heterocycles. The van der Waals surface area contributed by atoms with Crippen LogP contribution in [0.5, 0.6) is 0 Å². The van der Waals surface area contributed by atoms with Crippen molar-refractivity contribution >= 4 is 31.9 Å². The summed E-state index contributed by atoms with van der Waals surface area (Å²) in [6.45, 7) is 6.37. The first-order valence-electron chi connectivity index (χ1n) is 8.61. The van der Waals surface area contributed by atoms with Crippen molar-refractivity contribution in [1.82, 2.24) is 4.31 Å². The summed E-state index contributed by atoms with van der Waals surface area (Å²) in [7, 11) is -2.32. The Balaban J connectivity index is 3.10. The lowest BCUT2D eigenvalue weighted by atomic mass is 10.1. The van der Waals surface area contributed by atoms with Crippen molar-refractivity contribution in [1.29, 1.82) is 0 Å². The number of benzene rings is 1. The van der Waals surface area contributed by atoms with Gasteiger partial charge < -0.3 is 4.74 Å². The number of aryl methyl sites for hydroxylation is 1. The number of halogens is 1. The van der Waals surface area contributed by atoms with Gasteiger partial charge in [-0.3, -0.25) is 0 Å². The predicted molar refractivity (Wildman–Crippen MR) is 108 cm³/mol. The number of alkyl halides is 1. The minimum absolute atomic E-state index is 0.159. The van der Waals surface area contributed by atoms with Gasteiger partial charge in [-0.05, 0) is 37.8 Å². The van der Waals surface area contributed by atoms with Crippen LogP contribution in [0.4, 0.5) is 0 Å². The number of carbonyl (C=O) groups is 1. The Labute approximate surface area is 165 Å². The monoisotopic (exact) mass is 445 g/mol. The lowest BCUT2D eigenvalue weighted by Gasteiger charge is -2.30. The number of ether oxygens (including phenoxy) is 1. The fourth-order valence-corrected chi connectivity index (χ4v) is 5.05. The van der Waals surface area contributed by atoms with Crippen LogP contribution in [0.15, 0.2) is 41.3 Å². The fourth-order valence-electron chi connectivity index (χ4n) is 2.60. The molecule has 7 heteroatoms. The molecule has 26 heavy (non-hydrogen) atoms. The largest absolute Gasteiger partial charge is 0.466 e. The molecule has 1 aromatic carbocycles. The number of hydrogen-bond acceptors (Lipinski definition) is 4. The zero-order valence-corrected chi connectivity index (χ0v) is 18.2. The standard InChI is InChI=1S/C19H28BrNO4S/c1-15(2)13-17(14-20)21(12-6-5-7-19(22)25-4)26(23,24)18-10-8-16(3)9-11-18/h5,7-11,15,17H,6,12-14H2,1-4H3/b7-5+/t17-/m0/s1. The Morgan fingerprint density at radius 1 is 1.27 bits per heavy atom. The highest BCUT2D eigenvalue weighted by molar-refractivity contribution is 9.09. The molecule has 0 bridgehead atoms. The second kappa shape index (κ2) is 10.8. The molecule has 1 rings (SSSR count). The highest BCUT2D eigenvalue weighted by atomic mass is 79.9. The summed E-state index contributed by atoms with van der Waals surface area (Å²) in [5.41, 5.74) is 1.01. The van der Waals surface area contributed by atoms with Crippen LogP contribution in [0, 0.1) is 12.8 Å². The van der Waals surface area contributed by atoms with Gasteiger partial charge in [-0.2, -0.15) is 4.31 Å². The third-order valence-electron chi connectivity index (χ3n) is 3.93. The smallest absolute Gasteiger partial charge is 0.330 e. The van der Waals surface area contributed by atoms with Crippen molar-refractivity contribution in [2.24, 2.45) is 5.92 Å². The van der Waals surface area contributed by atoms with Crippen molar-refractivity contribution in [2.75, 3.05) is 19.0 Å². The molecule has 146 valence electrons. The lowest BCUT2D eigenvalue weighted by Crippen LogP contribution is -2.42. The molecule has 5 nitrogen and oxygen atoms in total. The van der Waals surface area contributed by atoms with Gasteiger partial charge in [0.25, 0.3) is 0 Å². The molecule has 0 aliphatic rings. The van der Waals surface area contributed by atoms with Crippen molar-refractivity contribution in [3.8, 4) is 0 Å². The van der Waals surface area contributed by atoms with Crippen LogP contribution in [0.2, 0.25) is 0 Å². The highest BCUT2D eigenvalue weighted by Gasteiger charge is 2.30. The quantitative estimate of drug-likeness (QED) is 0.311. The lowest BCUT2D eigenvalue weighted by molar-refractivity contribution is -0.134. The zero-order valence-electron chi connectivity index (χ0n) is 15.8. The summed E-state index contributed by atoms with van der Waals surface area (Å²) in [5, 5.41) is 0.553. The topological polar surface area (TPSA) is 63.7 Å². The Hall–Kier alpha value is -1.18. The summed E-state index contributed by atoms with van der Waals surface area (Å²) in [4.78, 5) is 11.5. The second-order valence-electron chi connectivity index (χ2n) is 6.58. The molecule has 0 fully saturated rings. The number of sulfonamides is 1. The van der Waals surface area contributed by atoms with E-state index in [0.717, 1.165) is 12.0 Å². The summed E-state index contributed by atoms with van der Waals surface area (Å²) in [6, 6.07) is 6.72. The van der Waals surface area contributed by atoms with Gasteiger partial charge in [0.15, 0.2) is 0 Å². The molecule has 0 aliphatic heterocycles. The van der Waals surface area contributed by atoms with Gasteiger partial charge in [-0.25, -0.2) is 13.2 Å². The van der Waals surface area contributed by atoms with Gasteiger partial charge in [0.1, 0.15) is 0 Å². The van der Waals surface area contributed by atoms with E-state index in [1.807, 2.05) is 6.92 Å². The van der Waals surface area contributed by atoms with Gasteiger partial charge in [0, 0.05) is 24.0 Å². The summed E-state index contributed by atoms with van der Waals surface area (Å²) in [6.07, 6.45) is 4.14. The first kappa shape index (κ1) is 22.9. The average molecular weight is 446 g/mol. The van der Waals surface area contributed by atoms with E-state index in [1.54, 1.807) is 30.3 Å². The number of rotatable bonds is 10.